The molecule has 0 unspecified atom stereocenters. The van der Waals surface area contributed by atoms with Crippen molar-refractivity contribution in [3.05, 3.63) is 52.3 Å². The van der Waals surface area contributed by atoms with Crippen LogP contribution in [0.3, 0.4) is 0 Å². The van der Waals surface area contributed by atoms with Crippen LogP contribution in [0.15, 0.2) is 45.8 Å². The van der Waals surface area contributed by atoms with Gasteiger partial charge in [0.05, 0.1) is 5.56 Å². The van der Waals surface area contributed by atoms with E-state index in [-0.39, 0.29) is 10.7 Å². The van der Waals surface area contributed by atoms with E-state index >= 15 is 0 Å². The van der Waals surface area contributed by atoms with Crippen LogP contribution in [0.25, 0.3) is 0 Å². The third-order valence-electron chi connectivity index (χ3n) is 2.57. The predicted molar refractivity (Wildman–Crippen MR) is 88.3 cm³/mol. The van der Waals surface area contributed by atoms with Crippen LogP contribution < -0.4 is 10.5 Å². The molecule has 0 amide bonds. The molecule has 2 N–H and O–H groups in total. The van der Waals surface area contributed by atoms with E-state index < -0.39 is 5.82 Å². The summed E-state index contributed by atoms with van der Waals surface area (Å²) in [4.78, 5) is 1.12. The summed E-state index contributed by atoms with van der Waals surface area (Å²) in [6, 6.07) is 10.0. The van der Waals surface area contributed by atoms with E-state index in [1.54, 1.807) is 18.2 Å². The van der Waals surface area contributed by atoms with Crippen LogP contribution in [0.2, 0.25) is 0 Å². The Bertz CT molecular complexity index is 664. The van der Waals surface area contributed by atoms with Gasteiger partial charge in [-0.15, -0.1) is 11.8 Å². The van der Waals surface area contributed by atoms with Crippen LogP contribution in [-0.2, 0) is 0 Å². The molecule has 0 radical (unpaired) electrons. The van der Waals surface area contributed by atoms with Crippen LogP contribution in [0.4, 0.5) is 4.39 Å². The Labute approximate surface area is 134 Å². The number of thiocarbonyl (C=S) groups is 1. The third-order valence-corrected chi connectivity index (χ3v) is 4.05. The topological polar surface area (TPSA) is 35.2 Å². The van der Waals surface area contributed by atoms with Gasteiger partial charge in [-0.3, -0.25) is 0 Å². The van der Waals surface area contributed by atoms with Crippen molar-refractivity contribution in [1.29, 1.82) is 0 Å². The van der Waals surface area contributed by atoms with E-state index in [1.165, 1.54) is 17.8 Å². The fourth-order valence-corrected chi connectivity index (χ4v) is 2.92. The maximum absolute atomic E-state index is 13.8. The Morgan fingerprint density at radius 1 is 1.30 bits per heavy atom. The number of halogens is 2. The number of hydrogen-bond acceptors (Lipinski definition) is 3. The molecule has 104 valence electrons. The lowest BCUT2D eigenvalue weighted by Gasteiger charge is -2.13. The number of ether oxygens (including phenoxy) is 1. The molecule has 0 aromatic heterocycles. The lowest BCUT2D eigenvalue weighted by atomic mass is 10.2. The van der Waals surface area contributed by atoms with E-state index in [0.717, 1.165) is 4.90 Å². The highest BCUT2D eigenvalue weighted by atomic mass is 79.9. The van der Waals surface area contributed by atoms with Crippen LogP contribution in [0.5, 0.6) is 11.5 Å². The number of benzene rings is 2. The summed E-state index contributed by atoms with van der Waals surface area (Å²) in [6.07, 6.45) is 1.92. The monoisotopic (exact) mass is 371 g/mol. The highest BCUT2D eigenvalue weighted by molar-refractivity contribution is 9.10. The molecule has 0 fully saturated rings. The van der Waals surface area contributed by atoms with Crippen LogP contribution in [0.1, 0.15) is 5.56 Å². The van der Waals surface area contributed by atoms with Gasteiger partial charge in [-0.05, 0) is 36.6 Å². The van der Waals surface area contributed by atoms with Crippen molar-refractivity contribution in [3.8, 4) is 11.5 Å². The Kier molecular flexibility index (Phi) is 5.01. The van der Waals surface area contributed by atoms with Crippen LogP contribution in [0, 0.1) is 5.82 Å². The van der Waals surface area contributed by atoms with Gasteiger partial charge < -0.3 is 10.5 Å². The first kappa shape index (κ1) is 15.3. The molecular formula is C14H11BrFNOS2. The SMILES string of the molecule is CSc1cccc(Oc2ccc(Br)cc2F)c1C(N)=S. The Hall–Kier alpha value is -1.11. The fraction of sp³-hybridized carbons (Fsp3) is 0.0714. The largest absolute Gasteiger partial charge is 0.454 e. The number of nitrogens with two attached hydrogens (primary N) is 1. The molecule has 0 atom stereocenters. The molecule has 0 saturated heterocycles. The molecule has 2 rings (SSSR count). The molecular weight excluding hydrogens is 361 g/mol. The summed E-state index contributed by atoms with van der Waals surface area (Å²) in [6.45, 7) is 0. The zero-order chi connectivity index (χ0) is 14.7. The smallest absolute Gasteiger partial charge is 0.166 e. The second kappa shape index (κ2) is 6.56. The summed E-state index contributed by atoms with van der Waals surface area (Å²) in [5, 5.41) is 0. The van der Waals surface area contributed by atoms with Gasteiger partial charge in [-0.1, -0.05) is 34.2 Å². The number of hydrogen-bond donors (Lipinski definition) is 1. The maximum atomic E-state index is 13.8. The van der Waals surface area contributed by atoms with Gasteiger partial charge in [0.2, 0.25) is 0 Å². The third kappa shape index (κ3) is 3.31. The van der Waals surface area contributed by atoms with Crippen molar-refractivity contribution in [1.82, 2.24) is 0 Å². The Balaban J connectivity index is 2.45. The first-order valence-corrected chi connectivity index (χ1v) is 8.05. The summed E-state index contributed by atoms with van der Waals surface area (Å²) in [5.41, 5.74) is 6.37. The van der Waals surface area contributed by atoms with Gasteiger partial charge in [0.1, 0.15) is 10.7 Å². The van der Waals surface area contributed by atoms with Crippen LogP contribution in [-0.4, -0.2) is 11.2 Å². The molecule has 0 aliphatic heterocycles. The second-order valence-electron chi connectivity index (χ2n) is 3.87. The van der Waals surface area contributed by atoms with Gasteiger partial charge >= 0.3 is 0 Å². The summed E-state index contributed by atoms with van der Waals surface area (Å²) in [7, 11) is 0. The molecule has 0 bridgehead atoms. The van der Waals surface area contributed by atoms with Gasteiger partial charge in [0.25, 0.3) is 0 Å². The van der Waals surface area contributed by atoms with E-state index in [4.69, 9.17) is 22.7 Å². The molecule has 2 aromatic rings. The first-order valence-electron chi connectivity index (χ1n) is 5.62. The molecule has 2 aromatic carbocycles. The summed E-state index contributed by atoms with van der Waals surface area (Å²) >= 11 is 9.77. The highest BCUT2D eigenvalue weighted by Gasteiger charge is 2.14. The molecule has 0 spiro atoms. The molecule has 0 aliphatic rings. The molecule has 0 aliphatic carbocycles. The van der Waals surface area contributed by atoms with E-state index in [2.05, 4.69) is 15.9 Å². The van der Waals surface area contributed by atoms with Gasteiger partial charge in [0, 0.05) is 9.37 Å². The summed E-state index contributed by atoms with van der Waals surface area (Å²) < 4.78 is 20.1. The normalized spacial score (nSPS) is 10.3. The van der Waals surface area contributed by atoms with Crippen molar-refractivity contribution >= 4 is 44.9 Å². The average Bonchev–Trinajstić information content (AvgIpc) is 2.41. The van der Waals surface area contributed by atoms with Crippen molar-refractivity contribution in [2.45, 2.75) is 4.90 Å². The zero-order valence-electron chi connectivity index (χ0n) is 10.5. The van der Waals surface area contributed by atoms with E-state index in [1.807, 2.05) is 18.4 Å². The Morgan fingerprint density at radius 2 is 2.05 bits per heavy atom. The average molecular weight is 372 g/mol. The number of rotatable bonds is 4. The molecule has 0 saturated carbocycles. The van der Waals surface area contributed by atoms with Crippen molar-refractivity contribution < 1.29 is 9.13 Å². The summed E-state index contributed by atoms with van der Waals surface area (Å²) in [5.74, 6) is 0.123. The van der Waals surface area contributed by atoms with Gasteiger partial charge in [-0.25, -0.2) is 4.39 Å². The highest BCUT2D eigenvalue weighted by Crippen LogP contribution is 2.33. The fourth-order valence-electron chi connectivity index (χ4n) is 1.69. The zero-order valence-corrected chi connectivity index (χ0v) is 13.7. The standard InChI is InChI=1S/C14H11BrFNOS2/c1-20-12-4-2-3-11(13(12)14(17)19)18-10-6-5-8(15)7-9(10)16/h2-7H,1H3,(H2,17,19). The quantitative estimate of drug-likeness (QED) is 0.621. The lowest BCUT2D eigenvalue weighted by molar-refractivity contribution is 0.440. The van der Waals surface area contributed by atoms with Gasteiger partial charge in [0.15, 0.2) is 11.6 Å². The van der Waals surface area contributed by atoms with Crippen molar-refractivity contribution in [3.63, 3.8) is 0 Å². The molecule has 2 nitrogen and oxygen atoms in total. The van der Waals surface area contributed by atoms with Crippen molar-refractivity contribution in [2.75, 3.05) is 6.26 Å². The Morgan fingerprint density at radius 3 is 2.65 bits per heavy atom. The first-order chi connectivity index (χ1) is 9.52. The minimum atomic E-state index is -0.456. The lowest BCUT2D eigenvalue weighted by Crippen LogP contribution is -2.12. The second-order valence-corrected chi connectivity index (χ2v) is 6.08. The van der Waals surface area contributed by atoms with Gasteiger partial charge in [-0.2, -0.15) is 0 Å². The van der Waals surface area contributed by atoms with E-state index in [0.29, 0.717) is 15.8 Å². The van der Waals surface area contributed by atoms with E-state index in [9.17, 15) is 4.39 Å². The van der Waals surface area contributed by atoms with Crippen LogP contribution >= 0.6 is 39.9 Å². The van der Waals surface area contributed by atoms with Crippen molar-refractivity contribution in [2.24, 2.45) is 5.73 Å². The predicted octanol–water partition coefficient (Wildman–Crippen LogP) is 4.74. The molecule has 20 heavy (non-hydrogen) atoms. The number of thioether (sulfide) groups is 1. The minimum absolute atomic E-state index is 0.129. The minimum Gasteiger partial charge on any atom is -0.454 e. The maximum Gasteiger partial charge on any atom is 0.166 e. The molecule has 0 heterocycles. The molecule has 6 heteroatoms.